The third-order valence-corrected chi connectivity index (χ3v) is 4.87. The summed E-state index contributed by atoms with van der Waals surface area (Å²) >= 11 is 11.0. The summed E-state index contributed by atoms with van der Waals surface area (Å²) in [7, 11) is 0. The van der Waals surface area contributed by atoms with Crippen LogP contribution >= 0.6 is 38.9 Å². The van der Waals surface area contributed by atoms with Gasteiger partial charge in [-0.3, -0.25) is 0 Å². The molecule has 4 aromatic rings. The summed E-state index contributed by atoms with van der Waals surface area (Å²) in [5.41, 5.74) is 3.08. The number of hydrogen-bond donors (Lipinski definition) is 0. The second-order valence-corrected chi connectivity index (χ2v) is 6.96. The lowest BCUT2D eigenvalue weighted by molar-refractivity contribution is 0.989. The Morgan fingerprint density at radius 3 is 2.64 bits per heavy atom. The van der Waals surface area contributed by atoms with Crippen LogP contribution < -0.4 is 0 Å². The predicted molar refractivity (Wildman–Crippen MR) is 94.4 cm³/mol. The molecular formula is C16H9BrClN3S. The molecule has 22 heavy (non-hydrogen) atoms. The topological polar surface area (TPSA) is 30.2 Å². The number of nitrogens with zero attached hydrogens (tertiary/aromatic N) is 3. The molecule has 0 saturated carbocycles. The summed E-state index contributed by atoms with van der Waals surface area (Å²) in [5.74, 6) is 0.725. The zero-order chi connectivity index (χ0) is 15.1. The van der Waals surface area contributed by atoms with Crippen LogP contribution in [0.2, 0.25) is 5.02 Å². The van der Waals surface area contributed by atoms with Crippen LogP contribution in [-0.2, 0) is 0 Å². The molecule has 0 amide bonds. The molecule has 2 aromatic heterocycles. The monoisotopic (exact) mass is 389 g/mol. The molecule has 3 nitrogen and oxygen atoms in total. The molecule has 0 radical (unpaired) electrons. The number of thiazole rings is 1. The Hall–Kier alpha value is -1.69. The van der Waals surface area contributed by atoms with Crippen LogP contribution in [0.25, 0.3) is 27.6 Å². The van der Waals surface area contributed by atoms with Crippen LogP contribution in [0.1, 0.15) is 0 Å². The van der Waals surface area contributed by atoms with Gasteiger partial charge in [-0.2, -0.15) is 4.98 Å². The van der Waals surface area contributed by atoms with Gasteiger partial charge in [-0.25, -0.2) is 4.52 Å². The Bertz CT molecular complexity index is 959. The molecule has 4 rings (SSSR count). The molecule has 6 heteroatoms. The van der Waals surface area contributed by atoms with Crippen molar-refractivity contribution in [2.45, 2.75) is 0 Å². The van der Waals surface area contributed by atoms with E-state index in [-0.39, 0.29) is 0 Å². The Morgan fingerprint density at radius 2 is 1.86 bits per heavy atom. The third kappa shape index (κ3) is 2.45. The molecule has 0 aliphatic rings. The average molecular weight is 391 g/mol. The molecule has 2 heterocycles. The number of benzene rings is 2. The summed E-state index contributed by atoms with van der Waals surface area (Å²) in [4.78, 5) is 5.49. The minimum Gasteiger partial charge on any atom is -0.203 e. The van der Waals surface area contributed by atoms with Gasteiger partial charge >= 0.3 is 0 Å². The number of halogens is 2. The van der Waals surface area contributed by atoms with Gasteiger partial charge in [-0.1, -0.05) is 51.8 Å². The fourth-order valence-electron chi connectivity index (χ4n) is 2.25. The highest BCUT2D eigenvalue weighted by atomic mass is 79.9. The van der Waals surface area contributed by atoms with Gasteiger partial charge in [-0.15, -0.1) is 16.4 Å². The van der Waals surface area contributed by atoms with Gasteiger partial charge in [0.1, 0.15) is 0 Å². The maximum absolute atomic E-state index is 5.95. The highest BCUT2D eigenvalue weighted by molar-refractivity contribution is 9.10. The van der Waals surface area contributed by atoms with Gasteiger partial charge in [0, 0.05) is 26.0 Å². The molecule has 2 aromatic carbocycles. The number of fused-ring (bicyclic) bond motifs is 1. The first-order chi connectivity index (χ1) is 10.7. The molecular weight excluding hydrogens is 382 g/mol. The van der Waals surface area contributed by atoms with Crippen LogP contribution in [-0.4, -0.2) is 14.6 Å². The van der Waals surface area contributed by atoms with E-state index in [0.29, 0.717) is 0 Å². The molecule has 0 aliphatic heterocycles. The molecule has 0 saturated heterocycles. The van der Waals surface area contributed by atoms with E-state index in [1.165, 1.54) is 0 Å². The first-order valence-corrected chi connectivity index (χ1v) is 8.62. The Kier molecular flexibility index (Phi) is 3.48. The number of hydrogen-bond acceptors (Lipinski definition) is 3. The van der Waals surface area contributed by atoms with Gasteiger partial charge < -0.3 is 0 Å². The SMILES string of the molecule is Clc1ccc(-c2csc3nc(-c4cccc(Br)c4)nn23)cc1. The van der Waals surface area contributed by atoms with Crippen molar-refractivity contribution < 1.29 is 0 Å². The summed E-state index contributed by atoms with van der Waals surface area (Å²) in [6.45, 7) is 0. The number of rotatable bonds is 2. The Balaban J connectivity index is 1.84. The van der Waals surface area contributed by atoms with Crippen LogP contribution in [0.5, 0.6) is 0 Å². The lowest BCUT2D eigenvalue weighted by atomic mass is 10.2. The van der Waals surface area contributed by atoms with Crippen LogP contribution in [0.4, 0.5) is 0 Å². The van der Waals surface area contributed by atoms with Crippen molar-refractivity contribution in [1.82, 2.24) is 14.6 Å². The molecule has 0 aliphatic carbocycles. The zero-order valence-corrected chi connectivity index (χ0v) is 14.4. The second-order valence-electron chi connectivity index (χ2n) is 4.77. The summed E-state index contributed by atoms with van der Waals surface area (Å²) < 4.78 is 2.89. The fourth-order valence-corrected chi connectivity index (χ4v) is 3.61. The van der Waals surface area contributed by atoms with Gasteiger partial charge in [-0.05, 0) is 24.3 Å². The first kappa shape index (κ1) is 13.9. The Labute approximate surface area is 144 Å². The number of aromatic nitrogens is 3. The summed E-state index contributed by atoms with van der Waals surface area (Å²) in [6.07, 6.45) is 0. The van der Waals surface area contributed by atoms with Gasteiger partial charge in [0.05, 0.1) is 5.69 Å². The molecule has 108 valence electrons. The van der Waals surface area contributed by atoms with Gasteiger partial charge in [0.25, 0.3) is 0 Å². The van der Waals surface area contributed by atoms with Gasteiger partial charge in [0.2, 0.25) is 4.96 Å². The highest BCUT2D eigenvalue weighted by Crippen LogP contribution is 2.28. The minimum atomic E-state index is 0.725. The third-order valence-electron chi connectivity index (χ3n) is 3.30. The largest absolute Gasteiger partial charge is 0.213 e. The van der Waals surface area contributed by atoms with Crippen molar-refractivity contribution in [3.63, 3.8) is 0 Å². The quantitative estimate of drug-likeness (QED) is 0.450. The van der Waals surface area contributed by atoms with E-state index in [1.807, 2.05) is 53.0 Å². The normalized spacial score (nSPS) is 11.2. The van der Waals surface area contributed by atoms with Crippen molar-refractivity contribution in [3.8, 4) is 22.6 Å². The lowest BCUT2D eigenvalue weighted by Gasteiger charge is -1.99. The first-order valence-electron chi connectivity index (χ1n) is 6.57. The summed E-state index contributed by atoms with van der Waals surface area (Å²) in [5, 5.41) is 7.43. The molecule has 0 unspecified atom stereocenters. The lowest BCUT2D eigenvalue weighted by Crippen LogP contribution is -1.89. The van der Waals surface area contributed by atoms with Crippen molar-refractivity contribution in [3.05, 3.63) is 63.4 Å². The van der Waals surface area contributed by atoms with Crippen molar-refractivity contribution in [2.75, 3.05) is 0 Å². The minimum absolute atomic E-state index is 0.725. The molecule has 0 N–H and O–H groups in total. The fraction of sp³-hybridized carbons (Fsp3) is 0. The molecule has 0 fully saturated rings. The molecule has 0 spiro atoms. The van der Waals surface area contributed by atoms with E-state index >= 15 is 0 Å². The smallest absolute Gasteiger partial charge is 0.203 e. The van der Waals surface area contributed by atoms with E-state index in [0.717, 1.165) is 37.1 Å². The standard InChI is InChI=1S/C16H9BrClN3S/c17-12-3-1-2-11(8-12)15-19-16-21(20-15)14(9-22-16)10-4-6-13(18)7-5-10/h1-9H. The predicted octanol–water partition coefficient (Wildman–Crippen LogP) is 5.54. The van der Waals surface area contributed by atoms with E-state index < -0.39 is 0 Å². The second kappa shape index (κ2) is 5.50. The van der Waals surface area contributed by atoms with Crippen molar-refractivity contribution in [2.24, 2.45) is 0 Å². The molecule has 0 bridgehead atoms. The van der Waals surface area contributed by atoms with Crippen molar-refractivity contribution >= 4 is 43.8 Å². The van der Waals surface area contributed by atoms with E-state index in [9.17, 15) is 0 Å². The maximum atomic E-state index is 5.95. The summed E-state index contributed by atoms with van der Waals surface area (Å²) in [6, 6.07) is 15.7. The van der Waals surface area contributed by atoms with Crippen molar-refractivity contribution in [1.29, 1.82) is 0 Å². The average Bonchev–Trinajstić information content (AvgIpc) is 3.08. The zero-order valence-electron chi connectivity index (χ0n) is 11.2. The van der Waals surface area contributed by atoms with Crippen LogP contribution in [0.3, 0.4) is 0 Å². The van der Waals surface area contributed by atoms with E-state index in [2.05, 4.69) is 31.4 Å². The van der Waals surface area contributed by atoms with E-state index in [4.69, 9.17) is 11.6 Å². The van der Waals surface area contributed by atoms with E-state index in [1.54, 1.807) is 11.3 Å². The Morgan fingerprint density at radius 1 is 1.05 bits per heavy atom. The van der Waals surface area contributed by atoms with Crippen LogP contribution in [0, 0.1) is 0 Å². The maximum Gasteiger partial charge on any atom is 0.213 e. The van der Waals surface area contributed by atoms with Gasteiger partial charge in [0.15, 0.2) is 5.82 Å². The van der Waals surface area contributed by atoms with Crippen LogP contribution in [0.15, 0.2) is 58.4 Å². The molecule has 0 atom stereocenters. The highest BCUT2D eigenvalue weighted by Gasteiger charge is 2.12.